The van der Waals surface area contributed by atoms with Gasteiger partial charge in [-0.25, -0.2) is 0 Å². The molecule has 2 nitrogen and oxygen atoms in total. The summed E-state index contributed by atoms with van der Waals surface area (Å²) in [5.74, 6) is 1.63. The number of hydrogen-bond acceptors (Lipinski definition) is 2. The maximum absolute atomic E-state index is 3.59. The van der Waals surface area contributed by atoms with Gasteiger partial charge in [-0.3, -0.25) is 4.90 Å². The minimum absolute atomic E-state index is 0.766. The molecule has 0 aromatic heterocycles. The molecular weight excluding hydrogens is 196 g/mol. The lowest BCUT2D eigenvalue weighted by Gasteiger charge is -2.32. The highest BCUT2D eigenvalue weighted by Crippen LogP contribution is 2.15. The fraction of sp³-hybridized carbons (Fsp3) is 0.857. The average Bonchev–Trinajstić information content (AvgIpc) is 2.26. The first-order valence-corrected chi connectivity index (χ1v) is 6.76. The predicted molar refractivity (Wildman–Crippen MR) is 71.7 cm³/mol. The maximum atomic E-state index is 3.59. The molecule has 0 aliphatic carbocycles. The molecule has 0 aromatic rings. The minimum Gasteiger partial charge on any atom is -0.316 e. The van der Waals surface area contributed by atoms with Crippen molar-refractivity contribution in [2.24, 2.45) is 11.8 Å². The highest BCUT2D eigenvalue weighted by molar-refractivity contribution is 4.84. The Morgan fingerprint density at radius 1 is 1.44 bits per heavy atom. The van der Waals surface area contributed by atoms with Crippen LogP contribution < -0.4 is 5.32 Å². The second-order valence-corrected chi connectivity index (χ2v) is 5.39. The van der Waals surface area contributed by atoms with Gasteiger partial charge in [0, 0.05) is 13.1 Å². The Morgan fingerprint density at radius 2 is 2.25 bits per heavy atom. The summed E-state index contributed by atoms with van der Waals surface area (Å²) in [4.78, 5) is 2.57. The molecule has 1 heterocycles. The van der Waals surface area contributed by atoms with Crippen LogP contribution in [0.2, 0.25) is 0 Å². The molecule has 2 heteroatoms. The van der Waals surface area contributed by atoms with Crippen molar-refractivity contribution in [1.82, 2.24) is 10.2 Å². The molecule has 1 atom stereocenters. The average molecular weight is 224 g/mol. The molecule has 1 rings (SSSR count). The number of nitrogens with one attached hydrogen (secondary N) is 1. The molecule has 0 aromatic carbocycles. The third-order valence-electron chi connectivity index (χ3n) is 3.19. The molecule has 0 spiro atoms. The monoisotopic (exact) mass is 224 g/mol. The summed E-state index contributed by atoms with van der Waals surface area (Å²) in [6.07, 6.45) is 7.19. The van der Waals surface area contributed by atoms with Crippen molar-refractivity contribution in [1.29, 1.82) is 0 Å². The van der Waals surface area contributed by atoms with Crippen LogP contribution >= 0.6 is 0 Å². The van der Waals surface area contributed by atoms with Crippen LogP contribution in [0.5, 0.6) is 0 Å². The third kappa shape index (κ3) is 5.66. The second kappa shape index (κ2) is 7.86. The van der Waals surface area contributed by atoms with E-state index in [9.17, 15) is 0 Å². The lowest BCUT2D eigenvalue weighted by atomic mass is 9.98. The van der Waals surface area contributed by atoms with Gasteiger partial charge >= 0.3 is 0 Å². The van der Waals surface area contributed by atoms with E-state index in [0.717, 1.165) is 24.9 Å². The molecule has 1 aliphatic rings. The van der Waals surface area contributed by atoms with Crippen molar-refractivity contribution in [3.63, 3.8) is 0 Å². The molecule has 0 radical (unpaired) electrons. The first kappa shape index (κ1) is 13.7. The Balaban J connectivity index is 2.17. The van der Waals surface area contributed by atoms with Crippen molar-refractivity contribution in [2.75, 3.05) is 32.7 Å². The van der Waals surface area contributed by atoms with Gasteiger partial charge in [0.05, 0.1) is 0 Å². The first-order chi connectivity index (χ1) is 7.72. The van der Waals surface area contributed by atoms with Crippen LogP contribution in [0.3, 0.4) is 0 Å². The fourth-order valence-electron chi connectivity index (χ4n) is 2.31. The lowest BCUT2D eigenvalue weighted by Crippen LogP contribution is -2.40. The number of rotatable bonds is 6. The van der Waals surface area contributed by atoms with E-state index >= 15 is 0 Å². The van der Waals surface area contributed by atoms with Gasteiger partial charge in [0.2, 0.25) is 0 Å². The van der Waals surface area contributed by atoms with E-state index in [0.29, 0.717) is 0 Å². The first-order valence-electron chi connectivity index (χ1n) is 6.76. The smallest absolute Gasteiger partial charge is 0.0163 e. The summed E-state index contributed by atoms with van der Waals surface area (Å²) in [6.45, 7) is 12.7. The third-order valence-corrected chi connectivity index (χ3v) is 3.19. The van der Waals surface area contributed by atoms with Crippen molar-refractivity contribution in [3.8, 4) is 0 Å². The second-order valence-electron chi connectivity index (χ2n) is 5.39. The molecule has 1 fully saturated rings. The zero-order valence-corrected chi connectivity index (χ0v) is 11.2. The normalized spacial score (nSPS) is 23.4. The zero-order chi connectivity index (χ0) is 11.8. The number of piperidine rings is 1. The topological polar surface area (TPSA) is 15.3 Å². The predicted octanol–water partition coefficient (Wildman–Crippen LogP) is 2.52. The maximum Gasteiger partial charge on any atom is 0.0163 e. The summed E-state index contributed by atoms with van der Waals surface area (Å²) in [7, 11) is 0. The molecule has 1 N–H and O–H groups in total. The number of nitrogens with zero attached hydrogens (tertiary/aromatic N) is 1. The molecule has 1 unspecified atom stereocenters. The van der Waals surface area contributed by atoms with Crippen molar-refractivity contribution in [3.05, 3.63) is 12.2 Å². The lowest BCUT2D eigenvalue weighted by molar-refractivity contribution is 0.187. The summed E-state index contributed by atoms with van der Waals surface area (Å²) < 4.78 is 0. The Bertz CT molecular complexity index is 199. The number of allylic oxidation sites excluding steroid dienone is 1. The molecule has 94 valence electrons. The van der Waals surface area contributed by atoms with Crippen LogP contribution in [0.25, 0.3) is 0 Å². The number of likely N-dealkylation sites (tertiary alicyclic amines) is 1. The van der Waals surface area contributed by atoms with Crippen LogP contribution in [0.1, 0.15) is 33.6 Å². The Morgan fingerprint density at radius 3 is 2.94 bits per heavy atom. The highest BCUT2D eigenvalue weighted by atomic mass is 15.1. The van der Waals surface area contributed by atoms with Crippen LogP contribution in [0.15, 0.2) is 12.2 Å². The molecule has 0 bridgehead atoms. The quantitative estimate of drug-likeness (QED) is 0.697. The van der Waals surface area contributed by atoms with Gasteiger partial charge in [-0.1, -0.05) is 26.0 Å². The van der Waals surface area contributed by atoms with E-state index in [1.165, 1.54) is 32.5 Å². The van der Waals surface area contributed by atoms with E-state index in [4.69, 9.17) is 0 Å². The molecule has 1 aliphatic heterocycles. The van der Waals surface area contributed by atoms with Gasteiger partial charge in [0.1, 0.15) is 0 Å². The Labute approximate surface area is 101 Å². The van der Waals surface area contributed by atoms with Gasteiger partial charge in [-0.15, -0.1) is 0 Å². The van der Waals surface area contributed by atoms with Gasteiger partial charge in [0.15, 0.2) is 0 Å². The molecular formula is C14H28N2. The van der Waals surface area contributed by atoms with E-state index in [1.807, 2.05) is 0 Å². The van der Waals surface area contributed by atoms with Crippen LogP contribution in [0, 0.1) is 11.8 Å². The molecule has 1 saturated heterocycles. The van der Waals surface area contributed by atoms with Crippen molar-refractivity contribution in [2.45, 2.75) is 33.6 Å². The van der Waals surface area contributed by atoms with E-state index in [-0.39, 0.29) is 0 Å². The van der Waals surface area contributed by atoms with E-state index < -0.39 is 0 Å². The van der Waals surface area contributed by atoms with Crippen LogP contribution in [0.4, 0.5) is 0 Å². The van der Waals surface area contributed by atoms with Gasteiger partial charge in [0.25, 0.3) is 0 Å². The number of hydrogen-bond donors (Lipinski definition) is 1. The van der Waals surface area contributed by atoms with E-state index in [1.54, 1.807) is 0 Å². The molecule has 0 amide bonds. The van der Waals surface area contributed by atoms with Crippen molar-refractivity contribution < 1.29 is 0 Å². The Hall–Kier alpha value is -0.340. The van der Waals surface area contributed by atoms with E-state index in [2.05, 4.69) is 43.1 Å². The summed E-state index contributed by atoms with van der Waals surface area (Å²) in [5, 5.41) is 3.59. The van der Waals surface area contributed by atoms with Crippen LogP contribution in [-0.4, -0.2) is 37.6 Å². The summed E-state index contributed by atoms with van der Waals surface area (Å²) in [5.41, 5.74) is 0. The highest BCUT2D eigenvalue weighted by Gasteiger charge is 2.18. The van der Waals surface area contributed by atoms with Gasteiger partial charge in [-0.2, -0.15) is 0 Å². The standard InChI is InChI=1S/C14H28N2/c1-4-5-8-16-9-6-7-14(12-16)11-15-10-13(2)3/h4-5,13-15H,6-12H2,1-3H3. The Kier molecular flexibility index (Phi) is 6.74. The summed E-state index contributed by atoms with van der Waals surface area (Å²) in [6, 6.07) is 0. The van der Waals surface area contributed by atoms with Gasteiger partial charge < -0.3 is 5.32 Å². The zero-order valence-electron chi connectivity index (χ0n) is 11.2. The SMILES string of the molecule is CC=CCN1CCCC(CNCC(C)C)C1. The van der Waals surface area contributed by atoms with Crippen molar-refractivity contribution >= 4 is 0 Å². The van der Waals surface area contributed by atoms with Crippen LogP contribution in [-0.2, 0) is 0 Å². The largest absolute Gasteiger partial charge is 0.316 e. The minimum atomic E-state index is 0.766. The summed E-state index contributed by atoms with van der Waals surface area (Å²) >= 11 is 0. The fourth-order valence-corrected chi connectivity index (χ4v) is 2.31. The molecule has 16 heavy (non-hydrogen) atoms. The van der Waals surface area contributed by atoms with Gasteiger partial charge in [-0.05, 0) is 51.2 Å². The molecule has 0 saturated carbocycles.